The molecule has 0 aromatic heterocycles. The van der Waals surface area contributed by atoms with Gasteiger partial charge in [0.25, 0.3) is 0 Å². The van der Waals surface area contributed by atoms with E-state index in [0.29, 0.717) is 0 Å². The van der Waals surface area contributed by atoms with Gasteiger partial charge in [-0.2, -0.15) is 0 Å². The van der Waals surface area contributed by atoms with Gasteiger partial charge in [0.05, 0.1) is 0 Å². The molecule has 0 aliphatic rings. The van der Waals surface area contributed by atoms with Crippen LogP contribution in [-0.2, 0) is 0 Å². The van der Waals surface area contributed by atoms with Crippen molar-refractivity contribution in [1.82, 2.24) is 0 Å². The fraction of sp³-hybridized carbons (Fsp3) is 1.00. The molecule has 0 saturated heterocycles. The van der Waals surface area contributed by atoms with Gasteiger partial charge in [-0.3, -0.25) is 0 Å². The Morgan fingerprint density at radius 1 is 0.0602 bits per heavy atom. The van der Waals surface area contributed by atoms with Crippen LogP contribution in [0.1, 0.15) is 540 Å². The fourth-order valence-corrected chi connectivity index (χ4v) is 10.7. The maximum absolute atomic E-state index is 2.29. The van der Waals surface area contributed by atoms with Crippen LogP contribution in [0.2, 0.25) is 0 Å². The van der Waals surface area contributed by atoms with Gasteiger partial charge >= 0.3 is 0 Å². The molecule has 0 rings (SSSR count). The van der Waals surface area contributed by atoms with Crippen LogP contribution in [0.15, 0.2) is 0 Å². The van der Waals surface area contributed by atoms with Crippen molar-refractivity contribution in [2.75, 3.05) is 0 Å². The average Bonchev–Trinajstić information content (AvgIpc) is 3.50. The largest absolute Gasteiger partial charge is 0.0654 e. The van der Waals surface area contributed by atoms with Crippen molar-refractivity contribution in [3.05, 3.63) is 0 Å². The lowest BCUT2D eigenvalue weighted by molar-refractivity contribution is 0.538. The van der Waals surface area contributed by atoms with E-state index in [0.717, 1.165) is 0 Å². The first-order valence-corrected chi connectivity index (χ1v) is 40.9. The van der Waals surface area contributed by atoms with E-state index >= 15 is 0 Å². The standard InChI is InChI=1S/2C16H34.C14H30.C12H26.C10H22.C8H18.C7H16/c2*1-3-5-7-9-11-13-15-16-14-12-10-8-6-4-2;1-3-5-7-9-11-13-14-12-10-8-6-4-2;1-3-5-7-9-11-12-10-8-6-4-2;1-3-5-7-9-10-8-6-4-2;1-3-5-7-8-6-4-2;1-3-5-7-6-4-2/h2*3-16H2,1-2H3;3-14H2,1-2H3;3-12H2,1-2H3;3-10H2,1-2H3;3-8H2,1-2H3;3-7H2,1-2H3. The van der Waals surface area contributed by atoms with Gasteiger partial charge in [0.15, 0.2) is 0 Å². The van der Waals surface area contributed by atoms with Crippen molar-refractivity contribution in [2.24, 2.45) is 0 Å². The molecule has 0 nitrogen and oxygen atoms in total. The topological polar surface area (TPSA) is 0 Å². The van der Waals surface area contributed by atoms with Crippen LogP contribution in [-0.4, -0.2) is 0 Å². The lowest BCUT2D eigenvalue weighted by atomic mass is 10.0. The summed E-state index contributed by atoms with van der Waals surface area (Å²) in [6.45, 7) is 31.8. The van der Waals surface area contributed by atoms with Gasteiger partial charge in [-0.25, -0.2) is 0 Å². The first-order chi connectivity index (χ1) is 40.9. The molecule has 83 heavy (non-hydrogen) atoms. The smallest absolute Gasteiger partial charge is 0.0533 e. The van der Waals surface area contributed by atoms with Crippen molar-refractivity contribution in [1.29, 1.82) is 0 Å². The summed E-state index contributed by atoms with van der Waals surface area (Å²) in [6, 6.07) is 0. The highest BCUT2D eigenvalue weighted by Gasteiger charge is 1.96. The molecule has 0 spiro atoms. The molecule has 0 saturated carbocycles. The molecule has 0 unspecified atom stereocenters. The summed E-state index contributed by atoms with van der Waals surface area (Å²) in [5.41, 5.74) is 0. The van der Waals surface area contributed by atoms with Gasteiger partial charge in [-0.05, 0) is 0 Å². The molecular weight excluding hydrogens is 997 g/mol. The van der Waals surface area contributed by atoms with E-state index in [2.05, 4.69) is 96.9 Å². The van der Waals surface area contributed by atoms with Gasteiger partial charge < -0.3 is 0 Å². The molecule has 0 heterocycles. The highest BCUT2D eigenvalue weighted by Crippen LogP contribution is 2.16. The lowest BCUT2D eigenvalue weighted by Crippen LogP contribution is -1.82. The van der Waals surface area contributed by atoms with Crippen LogP contribution in [0.5, 0.6) is 0 Å². The van der Waals surface area contributed by atoms with Crippen LogP contribution >= 0.6 is 0 Å². The summed E-state index contributed by atoms with van der Waals surface area (Å²) >= 11 is 0. The molecule has 0 aromatic rings. The number of rotatable bonds is 62. The van der Waals surface area contributed by atoms with E-state index in [9.17, 15) is 0 Å². The zero-order valence-corrected chi connectivity index (χ0v) is 62.8. The molecule has 0 heteroatoms. The average molecular weight is 1180 g/mol. The van der Waals surface area contributed by atoms with Gasteiger partial charge in [0.2, 0.25) is 0 Å². The zero-order valence-electron chi connectivity index (χ0n) is 62.8. The van der Waals surface area contributed by atoms with E-state index in [4.69, 9.17) is 0 Å². The SMILES string of the molecule is CCCCCCC.CCCCCCCC.CCCCCCCCCC.CCCCCCCCCCCC.CCCCCCCCCCCCCC.CCCCCCCCCCCCCCCC.CCCCCCCCCCCCCCCC. The lowest BCUT2D eigenvalue weighted by Gasteiger charge is -2.02. The van der Waals surface area contributed by atoms with E-state index < -0.39 is 0 Å². The monoisotopic (exact) mass is 1180 g/mol. The molecule has 0 aromatic carbocycles. The van der Waals surface area contributed by atoms with Crippen LogP contribution < -0.4 is 0 Å². The summed E-state index contributed by atoms with van der Waals surface area (Å²) < 4.78 is 0. The summed E-state index contributed by atoms with van der Waals surface area (Å²) in [7, 11) is 0. The van der Waals surface area contributed by atoms with Gasteiger partial charge in [-0.15, -0.1) is 0 Å². The quantitative estimate of drug-likeness (QED) is 0.0533. The third kappa shape index (κ3) is 137. The Morgan fingerprint density at radius 2 is 0.0964 bits per heavy atom. The molecule has 0 aliphatic heterocycles. The van der Waals surface area contributed by atoms with Gasteiger partial charge in [-0.1, -0.05) is 540 Å². The third-order valence-corrected chi connectivity index (χ3v) is 16.9. The highest BCUT2D eigenvalue weighted by molar-refractivity contribution is 4.52. The fourth-order valence-electron chi connectivity index (χ4n) is 10.7. The zero-order chi connectivity index (χ0) is 62.8. The minimum absolute atomic E-state index is 1.36. The second kappa shape index (κ2) is 113. The molecule has 0 atom stereocenters. The van der Waals surface area contributed by atoms with E-state index in [1.165, 1.54) is 443 Å². The Morgan fingerprint density at radius 3 is 0.145 bits per heavy atom. The van der Waals surface area contributed by atoms with Crippen LogP contribution in [0.25, 0.3) is 0 Å². The first-order valence-electron chi connectivity index (χ1n) is 40.9. The van der Waals surface area contributed by atoms with Gasteiger partial charge in [0.1, 0.15) is 0 Å². The van der Waals surface area contributed by atoms with E-state index in [1.807, 2.05) is 0 Å². The summed E-state index contributed by atoms with van der Waals surface area (Å²) in [5.74, 6) is 0. The predicted molar refractivity (Wildman–Crippen MR) is 398 cm³/mol. The third-order valence-electron chi connectivity index (χ3n) is 16.9. The Balaban J connectivity index is -0.000000165. The Bertz CT molecular complexity index is 747. The van der Waals surface area contributed by atoms with Crippen molar-refractivity contribution in [2.45, 2.75) is 540 Å². The molecular formula is C83H180. The minimum Gasteiger partial charge on any atom is -0.0654 e. The number of unbranched alkanes of at least 4 members (excludes halogenated alkanes) is 62. The second-order valence-electron chi connectivity index (χ2n) is 26.4. The predicted octanol–water partition coefficient (Wildman–Crippen LogP) is 34.1. The molecule has 0 bridgehead atoms. The molecule has 0 N–H and O–H groups in total. The second-order valence-corrected chi connectivity index (χ2v) is 26.4. The maximum Gasteiger partial charge on any atom is -0.0533 e. The maximum atomic E-state index is 2.29. The molecule has 512 valence electrons. The van der Waals surface area contributed by atoms with Crippen LogP contribution in [0.3, 0.4) is 0 Å². The van der Waals surface area contributed by atoms with Crippen LogP contribution in [0, 0.1) is 0 Å². The van der Waals surface area contributed by atoms with E-state index in [-0.39, 0.29) is 0 Å². The molecule has 0 amide bonds. The molecule has 0 radical (unpaired) electrons. The molecule has 0 fully saturated rings. The van der Waals surface area contributed by atoms with Crippen LogP contribution in [0.4, 0.5) is 0 Å². The van der Waals surface area contributed by atoms with Gasteiger partial charge in [0, 0.05) is 0 Å². The number of hydrogen-bond donors (Lipinski definition) is 0. The summed E-state index contributed by atoms with van der Waals surface area (Å²) in [5, 5.41) is 0. The van der Waals surface area contributed by atoms with Crippen molar-refractivity contribution < 1.29 is 0 Å². The minimum atomic E-state index is 1.36. The Labute approximate surface area is 537 Å². The normalized spacial score (nSPS) is 10.5. The summed E-state index contributed by atoms with van der Waals surface area (Å²) in [4.78, 5) is 0. The summed E-state index contributed by atoms with van der Waals surface area (Å²) in [6.07, 6.45) is 99.7. The Hall–Kier alpha value is 0. The highest BCUT2D eigenvalue weighted by atomic mass is 14.0. The van der Waals surface area contributed by atoms with Crippen molar-refractivity contribution >= 4 is 0 Å². The number of hydrogen-bond acceptors (Lipinski definition) is 0. The Kier molecular flexibility index (Phi) is 132. The first kappa shape index (κ1) is 96.6. The van der Waals surface area contributed by atoms with Crippen molar-refractivity contribution in [3.63, 3.8) is 0 Å². The molecule has 0 aliphatic carbocycles. The van der Waals surface area contributed by atoms with Crippen molar-refractivity contribution in [3.8, 4) is 0 Å². The van der Waals surface area contributed by atoms with E-state index in [1.54, 1.807) is 0 Å².